The van der Waals surface area contributed by atoms with Crippen LogP contribution in [0, 0.1) is 0 Å². The van der Waals surface area contributed by atoms with E-state index in [9.17, 15) is 19.2 Å². The molecule has 11 heteroatoms. The third-order valence-corrected chi connectivity index (χ3v) is 4.54. The maximum Gasteiger partial charge on any atom is 0.407 e. The fraction of sp³-hybridized carbons (Fsp3) is 0.500. The molecule has 2 rings (SSSR count). The van der Waals surface area contributed by atoms with Crippen LogP contribution in [0.4, 0.5) is 4.79 Å². The minimum Gasteiger partial charge on any atom is -0.463 e. The Kier molecular flexibility index (Phi) is 9.07. The van der Waals surface area contributed by atoms with Crippen molar-refractivity contribution in [2.75, 3.05) is 6.61 Å². The Morgan fingerprint density at radius 3 is 2.13 bits per heavy atom. The lowest BCUT2D eigenvalue weighted by atomic mass is 9.96. The van der Waals surface area contributed by atoms with Gasteiger partial charge in [-0.3, -0.25) is 14.4 Å². The van der Waals surface area contributed by atoms with E-state index in [1.54, 1.807) is 24.3 Å². The molecular weight excluding hydrogens is 434 g/mol. The lowest BCUT2D eigenvalue weighted by Gasteiger charge is -2.43. The van der Waals surface area contributed by atoms with Crippen LogP contribution in [0.5, 0.6) is 0 Å². The van der Waals surface area contributed by atoms with Crippen molar-refractivity contribution in [2.24, 2.45) is 0 Å². The first-order valence-corrected chi connectivity index (χ1v) is 9.85. The quantitative estimate of drug-likeness (QED) is 0.369. The molecule has 0 aromatic heterocycles. The van der Waals surface area contributed by atoms with E-state index in [1.807, 2.05) is 6.07 Å². The molecule has 0 saturated carbocycles. The van der Waals surface area contributed by atoms with Crippen molar-refractivity contribution in [1.82, 2.24) is 5.32 Å². The van der Waals surface area contributed by atoms with Gasteiger partial charge in [0.15, 0.2) is 17.8 Å². The lowest BCUT2D eigenvalue weighted by Crippen LogP contribution is -2.65. The second kappa shape index (κ2) is 11.5. The van der Waals surface area contributed by atoms with Crippen molar-refractivity contribution >= 4 is 35.6 Å². The van der Waals surface area contributed by atoms with Crippen LogP contribution in [0.15, 0.2) is 30.3 Å². The third-order valence-electron chi connectivity index (χ3n) is 4.19. The third kappa shape index (κ3) is 7.72. The first-order chi connectivity index (χ1) is 14.7. The number of hydrogen-bond acceptors (Lipinski definition) is 9. The highest BCUT2D eigenvalue weighted by Gasteiger charge is 2.50. The Hall–Kier alpha value is -2.85. The van der Waals surface area contributed by atoms with Crippen molar-refractivity contribution in [3.05, 3.63) is 35.9 Å². The highest BCUT2D eigenvalue weighted by molar-refractivity contribution is 6.20. The van der Waals surface area contributed by atoms with E-state index >= 15 is 0 Å². The van der Waals surface area contributed by atoms with Crippen molar-refractivity contribution in [3.63, 3.8) is 0 Å². The van der Waals surface area contributed by atoms with Crippen LogP contribution in [-0.4, -0.2) is 60.5 Å². The molecule has 1 N–H and O–H groups in total. The van der Waals surface area contributed by atoms with Gasteiger partial charge in [-0.15, -0.1) is 0 Å². The van der Waals surface area contributed by atoms with E-state index in [2.05, 4.69) is 5.32 Å². The van der Waals surface area contributed by atoms with Gasteiger partial charge in [0.2, 0.25) is 0 Å². The van der Waals surface area contributed by atoms with Crippen LogP contribution in [0.25, 0.3) is 0 Å². The topological polar surface area (TPSA) is 126 Å². The molecule has 10 nitrogen and oxygen atoms in total. The number of nitrogens with one attached hydrogen (secondary N) is 1. The van der Waals surface area contributed by atoms with Gasteiger partial charge in [-0.25, -0.2) is 4.79 Å². The van der Waals surface area contributed by atoms with E-state index in [4.69, 9.17) is 35.3 Å². The largest absolute Gasteiger partial charge is 0.463 e. The minimum atomic E-state index is -1.23. The maximum absolute atomic E-state index is 12.4. The summed E-state index contributed by atoms with van der Waals surface area (Å²) in [4.78, 5) is 46.9. The summed E-state index contributed by atoms with van der Waals surface area (Å²) in [6.45, 7) is 3.18. The van der Waals surface area contributed by atoms with E-state index < -0.39 is 53.9 Å². The zero-order valence-corrected chi connectivity index (χ0v) is 18.0. The molecule has 1 aromatic carbocycles. The predicted octanol–water partition coefficient (Wildman–Crippen LogP) is 1.67. The summed E-state index contributed by atoms with van der Waals surface area (Å²) in [5.41, 5.74) is -0.476. The molecule has 0 spiro atoms. The van der Waals surface area contributed by atoms with Gasteiger partial charge in [-0.05, 0) is 5.56 Å². The predicted molar refractivity (Wildman–Crippen MR) is 106 cm³/mol. The average Bonchev–Trinajstić information content (AvgIpc) is 2.70. The van der Waals surface area contributed by atoms with E-state index in [-0.39, 0.29) is 13.2 Å². The Balaban J connectivity index is 2.21. The van der Waals surface area contributed by atoms with Gasteiger partial charge in [-0.1, -0.05) is 41.9 Å². The second-order valence-corrected chi connectivity index (χ2v) is 7.14. The number of halogens is 1. The molecule has 1 saturated heterocycles. The molecule has 1 unspecified atom stereocenters. The molecule has 1 aliphatic rings. The first kappa shape index (κ1) is 24.4. The van der Waals surface area contributed by atoms with Gasteiger partial charge < -0.3 is 29.0 Å². The van der Waals surface area contributed by atoms with Crippen LogP contribution in [0.2, 0.25) is 0 Å². The smallest absolute Gasteiger partial charge is 0.407 e. The number of esters is 3. The van der Waals surface area contributed by atoms with Gasteiger partial charge in [-0.2, -0.15) is 0 Å². The second-order valence-electron chi connectivity index (χ2n) is 6.71. The molecule has 0 radical (unpaired) electrons. The molecule has 1 aromatic rings. The number of alkyl halides is 1. The van der Waals surface area contributed by atoms with Crippen molar-refractivity contribution in [2.45, 2.75) is 57.3 Å². The molecule has 1 heterocycles. The molecule has 1 fully saturated rings. The summed E-state index contributed by atoms with van der Waals surface area (Å²) in [6.07, 6.45) is -4.27. The van der Waals surface area contributed by atoms with Gasteiger partial charge in [0.1, 0.15) is 25.4 Å². The Labute approximate surface area is 184 Å². The highest BCUT2D eigenvalue weighted by Crippen LogP contribution is 2.29. The minimum absolute atomic E-state index is 0.0203. The van der Waals surface area contributed by atoms with E-state index in [0.29, 0.717) is 0 Å². The zero-order chi connectivity index (χ0) is 23.0. The van der Waals surface area contributed by atoms with Crippen LogP contribution in [0.1, 0.15) is 26.3 Å². The molecule has 170 valence electrons. The number of carbonyl (C=O) groups excluding carboxylic acids is 4. The molecule has 0 bridgehead atoms. The summed E-state index contributed by atoms with van der Waals surface area (Å²) in [5, 5.41) is 2.53. The number of amides is 1. The molecule has 5 atom stereocenters. The lowest BCUT2D eigenvalue weighted by molar-refractivity contribution is -0.205. The fourth-order valence-corrected chi connectivity index (χ4v) is 3.30. The van der Waals surface area contributed by atoms with E-state index in [1.165, 1.54) is 6.92 Å². The van der Waals surface area contributed by atoms with Crippen molar-refractivity contribution in [1.29, 1.82) is 0 Å². The monoisotopic (exact) mass is 457 g/mol. The van der Waals surface area contributed by atoms with Gasteiger partial charge in [0.05, 0.1) is 0 Å². The van der Waals surface area contributed by atoms with Gasteiger partial charge in [0, 0.05) is 20.8 Å². The SMILES string of the molecule is CC(=O)OC[C@H]1OC(Cl)[C@H](OC(C)=O)[C@@H](NC(=O)OCc2ccccc2)[C@@H]1OC(C)=O. The standard InChI is InChI=1S/C20H24ClNO9/c1-11(23)27-10-15-17(29-12(2)24)16(18(19(21)31-15)30-13(3)25)22-20(26)28-9-14-7-5-4-6-8-14/h4-8,15-19H,9-10H2,1-3H3,(H,22,26)/t15-,16+,17-,18-,19?/m1/s1. The average molecular weight is 458 g/mol. The number of ether oxygens (including phenoxy) is 5. The van der Waals surface area contributed by atoms with E-state index in [0.717, 1.165) is 19.4 Å². The number of benzene rings is 1. The number of carbonyl (C=O) groups is 4. The highest BCUT2D eigenvalue weighted by atomic mass is 35.5. The summed E-state index contributed by atoms with van der Waals surface area (Å²) in [6, 6.07) is 7.82. The number of alkyl carbamates (subject to hydrolysis) is 1. The Morgan fingerprint density at radius 2 is 1.55 bits per heavy atom. The Morgan fingerprint density at radius 1 is 0.935 bits per heavy atom. The normalized spacial score (nSPS) is 25.1. The van der Waals surface area contributed by atoms with Gasteiger partial charge >= 0.3 is 24.0 Å². The summed E-state index contributed by atoms with van der Waals surface area (Å²) in [7, 11) is 0. The number of hydrogen-bond donors (Lipinski definition) is 1. The summed E-state index contributed by atoms with van der Waals surface area (Å²) < 4.78 is 26.2. The first-order valence-electron chi connectivity index (χ1n) is 9.42. The van der Waals surface area contributed by atoms with Crippen LogP contribution in [-0.2, 0) is 44.7 Å². The van der Waals surface area contributed by atoms with Crippen molar-refractivity contribution in [3.8, 4) is 0 Å². The fourth-order valence-electron chi connectivity index (χ4n) is 2.96. The van der Waals surface area contributed by atoms with Gasteiger partial charge in [0.25, 0.3) is 0 Å². The van der Waals surface area contributed by atoms with Crippen molar-refractivity contribution < 1.29 is 42.9 Å². The summed E-state index contributed by atoms with van der Waals surface area (Å²) >= 11 is 6.22. The molecule has 1 amide bonds. The molecule has 31 heavy (non-hydrogen) atoms. The van der Waals surface area contributed by atoms with Crippen LogP contribution < -0.4 is 5.32 Å². The van der Waals surface area contributed by atoms with Crippen LogP contribution in [0.3, 0.4) is 0 Å². The molecular formula is C20H24ClNO9. The molecule has 1 aliphatic heterocycles. The maximum atomic E-state index is 12.4. The molecule has 0 aliphatic carbocycles. The zero-order valence-electron chi connectivity index (χ0n) is 17.2. The van der Waals surface area contributed by atoms with Crippen LogP contribution >= 0.6 is 11.6 Å². The summed E-state index contributed by atoms with van der Waals surface area (Å²) in [5.74, 6) is -1.98. The number of rotatable bonds is 7. The Bertz CT molecular complexity index is 788.